The number of nitrogens with two attached hydrogens (primary N) is 1. The maximum absolute atomic E-state index is 12.9. The Morgan fingerprint density at radius 2 is 1.94 bits per heavy atom. The highest BCUT2D eigenvalue weighted by Crippen LogP contribution is 2.45. The largest absolute Gasteiger partial charge is 0.489 e. The summed E-state index contributed by atoms with van der Waals surface area (Å²) < 4.78 is 18.0. The van der Waals surface area contributed by atoms with Crippen molar-refractivity contribution >= 4 is 11.6 Å². The molecule has 5 nitrogen and oxygen atoms in total. The number of benzene rings is 1. The molecule has 1 saturated heterocycles. The molecule has 1 aliphatic carbocycles. The minimum absolute atomic E-state index is 0.0950. The Labute approximate surface area is 184 Å². The average molecular weight is 431 g/mol. The van der Waals surface area contributed by atoms with Crippen LogP contribution >= 0.6 is 0 Å². The van der Waals surface area contributed by atoms with Crippen LogP contribution in [0.5, 0.6) is 5.75 Å². The van der Waals surface area contributed by atoms with E-state index >= 15 is 0 Å². The number of Topliss-reactive ketones (excluding diaryl/α,β-unsaturated/α-hetero) is 2. The Kier molecular flexibility index (Phi) is 8.00. The highest BCUT2D eigenvalue weighted by atomic mass is 19.1. The van der Waals surface area contributed by atoms with Crippen molar-refractivity contribution in [2.75, 3.05) is 26.2 Å². The molecule has 0 aromatic heterocycles. The van der Waals surface area contributed by atoms with Crippen molar-refractivity contribution in [3.8, 4) is 5.75 Å². The van der Waals surface area contributed by atoms with Gasteiger partial charge in [0, 0.05) is 35.6 Å². The zero-order chi connectivity index (χ0) is 22.4. The predicted octanol–water partition coefficient (Wildman–Crippen LogP) is 4.31. The second-order valence-corrected chi connectivity index (χ2v) is 9.37. The van der Waals surface area contributed by atoms with Gasteiger partial charge in [0.05, 0.1) is 12.9 Å². The van der Waals surface area contributed by atoms with Crippen molar-refractivity contribution in [3.05, 3.63) is 41.7 Å². The molecule has 1 aromatic carbocycles. The van der Waals surface area contributed by atoms with E-state index in [4.69, 9.17) is 10.5 Å². The van der Waals surface area contributed by atoms with Gasteiger partial charge in [-0.1, -0.05) is 0 Å². The normalized spacial score (nSPS) is 25.3. The van der Waals surface area contributed by atoms with Crippen LogP contribution in [0.4, 0.5) is 4.39 Å². The van der Waals surface area contributed by atoms with Crippen LogP contribution in [0.2, 0.25) is 0 Å². The van der Waals surface area contributed by atoms with Gasteiger partial charge in [-0.25, -0.2) is 4.39 Å². The van der Waals surface area contributed by atoms with E-state index in [2.05, 4.69) is 18.7 Å². The molecule has 1 spiro atoms. The van der Waals surface area contributed by atoms with Crippen LogP contribution in [0.25, 0.3) is 0 Å². The van der Waals surface area contributed by atoms with Crippen molar-refractivity contribution in [2.45, 2.75) is 58.4 Å². The Balaban J connectivity index is 1.48. The Hall–Kier alpha value is -2.05. The van der Waals surface area contributed by atoms with Crippen molar-refractivity contribution < 1.29 is 18.7 Å². The minimum atomic E-state index is -0.152. The molecule has 1 saturated carbocycles. The van der Waals surface area contributed by atoms with Crippen LogP contribution in [0.15, 0.2) is 36.2 Å². The first-order valence-electron chi connectivity index (χ1n) is 11.4. The Morgan fingerprint density at radius 1 is 1.26 bits per heavy atom. The summed E-state index contributed by atoms with van der Waals surface area (Å²) in [4.78, 5) is 27.9. The van der Waals surface area contributed by atoms with E-state index in [0.29, 0.717) is 53.9 Å². The smallest absolute Gasteiger partial charge is 0.163 e. The monoisotopic (exact) mass is 430 g/mol. The molecular formula is C25H35FN2O3. The molecule has 0 amide bonds. The molecule has 2 N–H and O–H groups in total. The van der Waals surface area contributed by atoms with E-state index in [1.807, 2.05) is 0 Å². The zero-order valence-corrected chi connectivity index (χ0v) is 18.7. The lowest BCUT2D eigenvalue weighted by molar-refractivity contribution is -0.137. The molecule has 1 aromatic rings. The van der Waals surface area contributed by atoms with Gasteiger partial charge < -0.3 is 10.5 Å². The number of ether oxygens (including phenoxy) is 1. The highest BCUT2D eigenvalue weighted by Gasteiger charge is 2.44. The van der Waals surface area contributed by atoms with Crippen molar-refractivity contribution in [1.82, 2.24) is 4.90 Å². The summed E-state index contributed by atoms with van der Waals surface area (Å²) in [6, 6.07) is 7.39. The summed E-state index contributed by atoms with van der Waals surface area (Å²) in [5.74, 6) is 1.44. The molecular weight excluding hydrogens is 395 g/mol. The van der Waals surface area contributed by atoms with Crippen LogP contribution < -0.4 is 10.5 Å². The maximum Gasteiger partial charge on any atom is 0.163 e. The number of hydrogen-bond donors (Lipinski definition) is 1. The first-order chi connectivity index (χ1) is 14.9. The summed E-state index contributed by atoms with van der Waals surface area (Å²) in [6.07, 6.45) is 5.64. The molecule has 2 aliphatic rings. The zero-order valence-electron chi connectivity index (χ0n) is 18.7. The number of carbonyl (C=O) groups excluding carboxylic acids is 2. The van der Waals surface area contributed by atoms with Gasteiger partial charge in [0.1, 0.15) is 12.4 Å². The van der Waals surface area contributed by atoms with Crippen molar-refractivity contribution in [3.63, 3.8) is 0 Å². The summed E-state index contributed by atoms with van der Waals surface area (Å²) in [6.45, 7) is 6.06. The molecule has 170 valence electrons. The highest BCUT2D eigenvalue weighted by molar-refractivity contribution is 5.96. The van der Waals surface area contributed by atoms with Gasteiger partial charge in [0.2, 0.25) is 0 Å². The summed E-state index contributed by atoms with van der Waals surface area (Å²) in [5, 5.41) is 0. The maximum atomic E-state index is 12.9. The standard InChI is InChI=1S/C25H35FN2O3/c1-18(2)28-12-11-25(24(30)16-28)9-7-19(8-10-25)13-23(29)21-3-5-22(6-4-21)31-17-20(14-26)15-27/h3-6,14,18-19H,7-13,15-17,27H2,1-2H3/b20-14+. The van der Waals surface area contributed by atoms with Crippen LogP contribution in [-0.2, 0) is 4.79 Å². The van der Waals surface area contributed by atoms with Crippen molar-refractivity contribution in [2.24, 2.45) is 17.1 Å². The first-order valence-corrected chi connectivity index (χ1v) is 11.4. The molecule has 3 rings (SSSR count). The molecule has 31 heavy (non-hydrogen) atoms. The van der Waals surface area contributed by atoms with E-state index in [1.165, 1.54) is 0 Å². The molecule has 0 radical (unpaired) electrons. The van der Waals surface area contributed by atoms with E-state index in [0.717, 1.165) is 38.6 Å². The van der Waals surface area contributed by atoms with Gasteiger partial charge in [-0.05, 0) is 82.7 Å². The predicted molar refractivity (Wildman–Crippen MR) is 120 cm³/mol. The fourth-order valence-electron chi connectivity index (χ4n) is 4.76. The van der Waals surface area contributed by atoms with E-state index in [9.17, 15) is 14.0 Å². The van der Waals surface area contributed by atoms with Gasteiger partial charge in [0.25, 0.3) is 0 Å². The van der Waals surface area contributed by atoms with E-state index in [1.54, 1.807) is 24.3 Å². The minimum Gasteiger partial charge on any atom is -0.489 e. The summed E-state index contributed by atoms with van der Waals surface area (Å²) in [5.41, 5.74) is 6.30. The lowest BCUT2D eigenvalue weighted by Crippen LogP contribution is -2.51. The van der Waals surface area contributed by atoms with E-state index in [-0.39, 0.29) is 24.3 Å². The quantitative estimate of drug-likeness (QED) is 0.622. The first kappa shape index (κ1) is 23.6. The molecule has 0 unspecified atom stereocenters. The van der Waals surface area contributed by atoms with Crippen LogP contribution in [0.1, 0.15) is 62.7 Å². The summed E-state index contributed by atoms with van der Waals surface area (Å²) >= 11 is 0. The van der Waals surface area contributed by atoms with Gasteiger partial charge >= 0.3 is 0 Å². The Bertz CT molecular complexity index is 795. The number of rotatable bonds is 8. The van der Waals surface area contributed by atoms with Gasteiger partial charge in [-0.2, -0.15) is 0 Å². The fraction of sp³-hybridized carbons (Fsp3) is 0.600. The molecule has 1 heterocycles. The number of likely N-dealkylation sites (tertiary alicyclic amines) is 1. The third-order valence-corrected chi connectivity index (χ3v) is 7.10. The number of ketones is 2. The molecule has 1 aliphatic heterocycles. The number of hydrogen-bond acceptors (Lipinski definition) is 5. The van der Waals surface area contributed by atoms with E-state index < -0.39 is 0 Å². The van der Waals surface area contributed by atoms with Crippen LogP contribution in [-0.4, -0.2) is 48.7 Å². The third-order valence-electron chi connectivity index (χ3n) is 7.10. The topological polar surface area (TPSA) is 72.6 Å². The number of piperidine rings is 1. The lowest BCUT2D eigenvalue weighted by Gasteiger charge is -2.45. The second kappa shape index (κ2) is 10.5. The van der Waals surface area contributed by atoms with Gasteiger partial charge in [0.15, 0.2) is 11.6 Å². The number of halogens is 1. The lowest BCUT2D eigenvalue weighted by atomic mass is 9.64. The number of nitrogens with zero attached hydrogens (tertiary/aromatic N) is 1. The Morgan fingerprint density at radius 3 is 2.48 bits per heavy atom. The van der Waals surface area contributed by atoms with Gasteiger partial charge in [-0.3, -0.25) is 14.5 Å². The fourth-order valence-corrected chi connectivity index (χ4v) is 4.76. The second-order valence-electron chi connectivity index (χ2n) is 9.37. The molecule has 0 bridgehead atoms. The average Bonchev–Trinajstić information content (AvgIpc) is 2.78. The number of carbonyl (C=O) groups is 2. The molecule has 2 fully saturated rings. The van der Waals surface area contributed by atoms with Gasteiger partial charge in [-0.15, -0.1) is 0 Å². The van der Waals surface area contributed by atoms with Crippen LogP contribution in [0.3, 0.4) is 0 Å². The molecule has 0 atom stereocenters. The van der Waals surface area contributed by atoms with Crippen molar-refractivity contribution in [1.29, 1.82) is 0 Å². The summed E-state index contributed by atoms with van der Waals surface area (Å²) in [7, 11) is 0. The molecule has 6 heteroatoms. The van der Waals surface area contributed by atoms with Crippen LogP contribution in [0, 0.1) is 11.3 Å². The SMILES string of the molecule is CC(C)N1CCC2(CCC(CC(=O)c3ccc(OC/C(=C/F)CN)cc3)CC2)C(=O)C1. The third kappa shape index (κ3) is 5.80.